The Hall–Kier alpha value is -4.40. The van der Waals surface area contributed by atoms with Crippen LogP contribution in [-0.4, -0.2) is 0 Å². The molecule has 0 bridgehead atoms. The Kier molecular flexibility index (Phi) is 4.16. The van der Waals surface area contributed by atoms with Gasteiger partial charge in [-0.3, -0.25) is 0 Å². The monoisotopic (exact) mass is 476 g/mol. The van der Waals surface area contributed by atoms with E-state index in [4.69, 9.17) is 4.42 Å². The Morgan fingerprint density at radius 2 is 1.08 bits per heavy atom. The van der Waals surface area contributed by atoms with Gasteiger partial charge in [-0.25, -0.2) is 0 Å². The molecule has 0 aliphatic heterocycles. The van der Waals surface area contributed by atoms with Crippen molar-refractivity contribution in [2.45, 2.75) is 0 Å². The maximum atomic E-state index is 6.51. The molecule has 36 heavy (non-hydrogen) atoms. The summed E-state index contributed by atoms with van der Waals surface area (Å²) in [4.78, 5) is 0. The predicted octanol–water partition coefficient (Wildman–Crippen LogP) is 10.4. The average Bonchev–Trinajstić information content (AvgIpc) is 3.56. The van der Waals surface area contributed by atoms with Crippen molar-refractivity contribution < 1.29 is 4.42 Å². The third-order valence-electron chi connectivity index (χ3n) is 7.34. The lowest BCUT2D eigenvalue weighted by Gasteiger charge is -2.18. The first kappa shape index (κ1) is 19.9. The Morgan fingerprint density at radius 1 is 0.500 bits per heavy atom. The standard InChI is InChI=1S/C34H20OS/c1-2-10-21(11-3-1)31-22-12-4-6-14-24(22)32(25-15-7-5-13-23(25)31)28-20-30-27(18-19-36-30)34-33(28)26-16-8-9-17-29(26)35-34/h1-20H. The summed E-state index contributed by atoms with van der Waals surface area (Å²) in [6.07, 6.45) is 0. The highest BCUT2D eigenvalue weighted by Gasteiger charge is 2.21. The van der Waals surface area contributed by atoms with E-state index < -0.39 is 0 Å². The molecule has 0 aliphatic carbocycles. The number of hydrogen-bond donors (Lipinski definition) is 0. The van der Waals surface area contributed by atoms with E-state index in [0.717, 1.165) is 16.6 Å². The van der Waals surface area contributed by atoms with Gasteiger partial charge in [0.2, 0.25) is 0 Å². The highest BCUT2D eigenvalue weighted by molar-refractivity contribution is 7.17. The average molecular weight is 477 g/mol. The number of fused-ring (bicyclic) bond motifs is 7. The molecule has 0 amide bonds. The van der Waals surface area contributed by atoms with Gasteiger partial charge in [0, 0.05) is 20.9 Å². The van der Waals surface area contributed by atoms with Crippen molar-refractivity contribution in [1.29, 1.82) is 0 Å². The molecule has 168 valence electrons. The lowest BCUT2D eigenvalue weighted by Crippen LogP contribution is -1.91. The van der Waals surface area contributed by atoms with Crippen LogP contribution in [0.15, 0.2) is 125 Å². The van der Waals surface area contributed by atoms with Gasteiger partial charge < -0.3 is 4.42 Å². The van der Waals surface area contributed by atoms with E-state index in [9.17, 15) is 0 Å². The minimum atomic E-state index is 0.932. The fourth-order valence-corrected chi connectivity index (χ4v) is 6.68. The predicted molar refractivity (Wildman–Crippen MR) is 155 cm³/mol. The second-order valence-electron chi connectivity index (χ2n) is 9.27. The van der Waals surface area contributed by atoms with Crippen molar-refractivity contribution in [2.75, 3.05) is 0 Å². The normalized spacial score (nSPS) is 11.9. The summed E-state index contributed by atoms with van der Waals surface area (Å²) < 4.78 is 7.76. The summed E-state index contributed by atoms with van der Waals surface area (Å²) in [5.74, 6) is 0. The quantitative estimate of drug-likeness (QED) is 0.226. The van der Waals surface area contributed by atoms with Gasteiger partial charge in [-0.2, -0.15) is 0 Å². The first-order valence-corrected chi connectivity index (χ1v) is 13.1. The number of rotatable bonds is 2. The molecular formula is C34H20OS. The summed E-state index contributed by atoms with van der Waals surface area (Å²) >= 11 is 1.77. The van der Waals surface area contributed by atoms with Crippen LogP contribution in [0.1, 0.15) is 0 Å². The fraction of sp³-hybridized carbons (Fsp3) is 0. The Bertz CT molecular complexity index is 2040. The summed E-state index contributed by atoms with van der Waals surface area (Å²) in [5, 5.41) is 10.8. The molecule has 1 nitrogen and oxygen atoms in total. The van der Waals surface area contributed by atoms with E-state index >= 15 is 0 Å². The molecule has 0 unspecified atom stereocenters. The second-order valence-corrected chi connectivity index (χ2v) is 10.2. The topological polar surface area (TPSA) is 13.1 Å². The summed E-state index contributed by atoms with van der Waals surface area (Å²) in [7, 11) is 0. The van der Waals surface area contributed by atoms with E-state index in [2.05, 4.69) is 121 Å². The minimum Gasteiger partial charge on any atom is -0.455 e. The molecule has 0 fully saturated rings. The highest BCUT2D eigenvalue weighted by Crippen LogP contribution is 2.48. The maximum Gasteiger partial charge on any atom is 0.144 e. The molecule has 0 aliphatic rings. The van der Waals surface area contributed by atoms with Crippen LogP contribution in [0, 0.1) is 0 Å². The van der Waals surface area contributed by atoms with Crippen molar-refractivity contribution in [1.82, 2.24) is 0 Å². The molecular weight excluding hydrogens is 456 g/mol. The van der Waals surface area contributed by atoms with Crippen molar-refractivity contribution in [3.8, 4) is 22.3 Å². The van der Waals surface area contributed by atoms with Gasteiger partial charge in [-0.1, -0.05) is 97.1 Å². The lowest BCUT2D eigenvalue weighted by molar-refractivity contribution is 0.673. The first-order valence-electron chi connectivity index (χ1n) is 12.2. The fourth-order valence-electron chi connectivity index (χ4n) is 5.86. The van der Waals surface area contributed by atoms with Gasteiger partial charge in [0.1, 0.15) is 11.2 Å². The number of thiophene rings is 1. The van der Waals surface area contributed by atoms with E-state index in [-0.39, 0.29) is 0 Å². The van der Waals surface area contributed by atoms with Crippen LogP contribution in [0.4, 0.5) is 0 Å². The molecule has 0 spiro atoms. The van der Waals surface area contributed by atoms with E-state index in [0.29, 0.717) is 0 Å². The SMILES string of the molecule is c1ccc(-c2c3ccccc3c(-c3cc4sccc4c4oc5ccccc5c34)c3ccccc23)cc1. The summed E-state index contributed by atoms with van der Waals surface area (Å²) in [6, 6.07) is 41.4. The molecule has 0 saturated heterocycles. The van der Waals surface area contributed by atoms with Crippen LogP contribution >= 0.6 is 11.3 Å². The number of benzene rings is 6. The summed E-state index contributed by atoms with van der Waals surface area (Å²) in [6.45, 7) is 0. The molecule has 8 rings (SSSR count). The van der Waals surface area contributed by atoms with E-state index in [1.54, 1.807) is 11.3 Å². The van der Waals surface area contributed by atoms with E-state index in [1.165, 1.54) is 59.3 Å². The maximum absolute atomic E-state index is 6.51. The molecule has 6 aromatic carbocycles. The number of para-hydroxylation sites is 1. The Balaban J connectivity index is 1.64. The van der Waals surface area contributed by atoms with Crippen molar-refractivity contribution >= 4 is 64.9 Å². The van der Waals surface area contributed by atoms with Gasteiger partial charge in [0.15, 0.2) is 0 Å². The van der Waals surface area contributed by atoms with Crippen LogP contribution in [0.5, 0.6) is 0 Å². The van der Waals surface area contributed by atoms with Crippen LogP contribution < -0.4 is 0 Å². The second kappa shape index (κ2) is 7.55. The van der Waals surface area contributed by atoms with Gasteiger partial charge in [-0.15, -0.1) is 11.3 Å². The van der Waals surface area contributed by atoms with Crippen molar-refractivity contribution in [3.63, 3.8) is 0 Å². The molecule has 0 atom stereocenters. The Labute approximate surface area is 211 Å². The largest absolute Gasteiger partial charge is 0.455 e. The first-order chi connectivity index (χ1) is 17.9. The van der Waals surface area contributed by atoms with Gasteiger partial charge in [0.25, 0.3) is 0 Å². The molecule has 2 heterocycles. The molecule has 8 aromatic rings. The zero-order chi connectivity index (χ0) is 23.6. The number of furan rings is 1. The zero-order valence-electron chi connectivity index (χ0n) is 19.4. The Morgan fingerprint density at radius 3 is 1.78 bits per heavy atom. The van der Waals surface area contributed by atoms with Gasteiger partial charge in [0.05, 0.1) is 0 Å². The van der Waals surface area contributed by atoms with Crippen LogP contribution in [0.2, 0.25) is 0 Å². The van der Waals surface area contributed by atoms with Gasteiger partial charge in [-0.05, 0) is 67.4 Å². The number of hydrogen-bond acceptors (Lipinski definition) is 2. The lowest BCUT2D eigenvalue weighted by atomic mass is 9.85. The third-order valence-corrected chi connectivity index (χ3v) is 8.21. The van der Waals surface area contributed by atoms with Crippen LogP contribution in [0.25, 0.3) is 75.8 Å². The van der Waals surface area contributed by atoms with Crippen LogP contribution in [0.3, 0.4) is 0 Å². The van der Waals surface area contributed by atoms with Crippen molar-refractivity contribution in [2.24, 2.45) is 0 Å². The summed E-state index contributed by atoms with van der Waals surface area (Å²) in [5.41, 5.74) is 6.94. The van der Waals surface area contributed by atoms with Crippen LogP contribution in [-0.2, 0) is 0 Å². The smallest absolute Gasteiger partial charge is 0.144 e. The molecule has 0 radical (unpaired) electrons. The zero-order valence-corrected chi connectivity index (χ0v) is 20.2. The molecule has 2 aromatic heterocycles. The molecule has 2 heteroatoms. The van der Waals surface area contributed by atoms with Crippen molar-refractivity contribution in [3.05, 3.63) is 121 Å². The van der Waals surface area contributed by atoms with Gasteiger partial charge >= 0.3 is 0 Å². The molecule has 0 N–H and O–H groups in total. The highest BCUT2D eigenvalue weighted by atomic mass is 32.1. The molecule has 0 saturated carbocycles. The third kappa shape index (κ3) is 2.71. The van der Waals surface area contributed by atoms with E-state index in [1.807, 2.05) is 0 Å². The minimum absolute atomic E-state index is 0.932.